The number of hydrogen-bond donors (Lipinski definition) is 0. The van der Waals surface area contributed by atoms with Crippen LogP contribution in [0.5, 0.6) is 0 Å². The third kappa shape index (κ3) is 2.18. The van der Waals surface area contributed by atoms with Gasteiger partial charge in [-0.1, -0.05) is 0 Å². The Morgan fingerprint density at radius 2 is 2.32 bits per heavy atom. The Hall–Kier alpha value is -1.99. The van der Waals surface area contributed by atoms with Crippen LogP contribution in [0.2, 0.25) is 0 Å². The van der Waals surface area contributed by atoms with Gasteiger partial charge in [-0.05, 0) is 12.1 Å². The molecular weight excluding hydrogens is 250 g/mol. The Morgan fingerprint density at radius 3 is 3.05 bits per heavy atom. The normalized spacial score (nSPS) is 19.5. The quantitative estimate of drug-likeness (QED) is 0.739. The SMILES string of the molecule is COC(=O)c1ccc2nnc(C3COCCO3)n2c1. The minimum atomic E-state index is -0.401. The molecule has 1 aliphatic rings. The van der Waals surface area contributed by atoms with Crippen molar-refractivity contribution >= 4 is 11.6 Å². The lowest BCUT2D eigenvalue weighted by Crippen LogP contribution is -2.23. The van der Waals surface area contributed by atoms with Crippen LogP contribution in [0.15, 0.2) is 18.3 Å². The van der Waals surface area contributed by atoms with Gasteiger partial charge in [-0.15, -0.1) is 10.2 Å². The zero-order chi connectivity index (χ0) is 13.2. The monoisotopic (exact) mass is 263 g/mol. The standard InChI is InChI=1S/C12H13N3O4/c1-17-12(16)8-2-3-10-13-14-11(15(10)6-8)9-7-18-4-5-19-9/h2-3,6,9H,4-5,7H2,1H3. The topological polar surface area (TPSA) is 75.0 Å². The Labute approximate surface area is 109 Å². The summed E-state index contributed by atoms with van der Waals surface area (Å²) < 4.78 is 17.4. The number of aromatic nitrogens is 3. The number of nitrogens with zero attached hydrogens (tertiary/aromatic N) is 3. The maximum Gasteiger partial charge on any atom is 0.339 e. The Bertz CT molecular complexity index is 604. The van der Waals surface area contributed by atoms with Crippen molar-refractivity contribution in [3.05, 3.63) is 29.7 Å². The first kappa shape index (κ1) is 12.1. The average Bonchev–Trinajstić information content (AvgIpc) is 2.90. The van der Waals surface area contributed by atoms with Crippen molar-refractivity contribution in [1.82, 2.24) is 14.6 Å². The molecule has 0 saturated carbocycles. The molecular formula is C12H13N3O4. The fourth-order valence-electron chi connectivity index (χ4n) is 2.00. The van der Waals surface area contributed by atoms with Crippen molar-refractivity contribution in [1.29, 1.82) is 0 Å². The zero-order valence-electron chi connectivity index (χ0n) is 10.4. The van der Waals surface area contributed by atoms with Gasteiger partial charge in [0.2, 0.25) is 0 Å². The highest BCUT2D eigenvalue weighted by Crippen LogP contribution is 2.20. The Balaban J connectivity index is 2.02. The first-order valence-corrected chi connectivity index (χ1v) is 5.92. The second-order valence-corrected chi connectivity index (χ2v) is 4.13. The van der Waals surface area contributed by atoms with E-state index in [2.05, 4.69) is 10.2 Å². The predicted molar refractivity (Wildman–Crippen MR) is 63.8 cm³/mol. The van der Waals surface area contributed by atoms with Crippen molar-refractivity contribution in [3.63, 3.8) is 0 Å². The molecule has 3 rings (SSSR count). The molecule has 1 aliphatic heterocycles. The molecule has 2 aromatic heterocycles. The van der Waals surface area contributed by atoms with Crippen LogP contribution in [0.4, 0.5) is 0 Å². The smallest absolute Gasteiger partial charge is 0.339 e. The molecule has 0 aromatic carbocycles. The summed E-state index contributed by atoms with van der Waals surface area (Å²) in [7, 11) is 1.34. The highest BCUT2D eigenvalue weighted by atomic mass is 16.6. The van der Waals surface area contributed by atoms with Gasteiger partial charge in [0, 0.05) is 6.20 Å². The van der Waals surface area contributed by atoms with E-state index in [-0.39, 0.29) is 6.10 Å². The van der Waals surface area contributed by atoms with E-state index in [0.717, 1.165) is 0 Å². The fraction of sp³-hybridized carbons (Fsp3) is 0.417. The van der Waals surface area contributed by atoms with Gasteiger partial charge in [0.05, 0.1) is 32.5 Å². The van der Waals surface area contributed by atoms with Crippen molar-refractivity contribution in [2.75, 3.05) is 26.9 Å². The molecule has 7 nitrogen and oxygen atoms in total. The maximum atomic E-state index is 11.5. The third-order valence-electron chi connectivity index (χ3n) is 2.95. The van der Waals surface area contributed by atoms with E-state index >= 15 is 0 Å². The molecule has 1 saturated heterocycles. The van der Waals surface area contributed by atoms with E-state index in [1.54, 1.807) is 22.7 Å². The van der Waals surface area contributed by atoms with Crippen molar-refractivity contribution in [3.8, 4) is 0 Å². The fourth-order valence-corrected chi connectivity index (χ4v) is 2.00. The summed E-state index contributed by atoms with van der Waals surface area (Å²) in [6.45, 7) is 1.54. The summed E-state index contributed by atoms with van der Waals surface area (Å²) in [4.78, 5) is 11.5. The van der Waals surface area contributed by atoms with Gasteiger partial charge in [0.15, 0.2) is 11.5 Å². The van der Waals surface area contributed by atoms with Gasteiger partial charge in [0.25, 0.3) is 0 Å². The largest absolute Gasteiger partial charge is 0.465 e. The number of ether oxygens (including phenoxy) is 3. The lowest BCUT2D eigenvalue weighted by atomic mass is 10.2. The molecule has 1 fully saturated rings. The lowest BCUT2D eigenvalue weighted by molar-refractivity contribution is -0.0938. The van der Waals surface area contributed by atoms with Crippen LogP contribution in [0.25, 0.3) is 5.65 Å². The van der Waals surface area contributed by atoms with Crippen molar-refractivity contribution < 1.29 is 19.0 Å². The van der Waals surface area contributed by atoms with Gasteiger partial charge in [-0.25, -0.2) is 4.79 Å². The van der Waals surface area contributed by atoms with E-state index < -0.39 is 5.97 Å². The first-order chi connectivity index (χ1) is 9.29. The summed E-state index contributed by atoms with van der Waals surface area (Å²) in [5.74, 6) is 0.225. The predicted octanol–water partition coefficient (Wildman–Crippen LogP) is 0.604. The maximum absolute atomic E-state index is 11.5. The molecule has 0 radical (unpaired) electrons. The number of rotatable bonds is 2. The summed E-state index contributed by atoms with van der Waals surface area (Å²) >= 11 is 0. The molecule has 7 heteroatoms. The third-order valence-corrected chi connectivity index (χ3v) is 2.95. The van der Waals surface area contributed by atoms with Gasteiger partial charge >= 0.3 is 5.97 Å². The average molecular weight is 263 g/mol. The van der Waals surface area contributed by atoms with Crippen LogP contribution in [-0.2, 0) is 14.2 Å². The molecule has 0 spiro atoms. The molecule has 0 aliphatic carbocycles. The second kappa shape index (κ2) is 4.94. The van der Waals surface area contributed by atoms with E-state index in [4.69, 9.17) is 14.2 Å². The van der Waals surface area contributed by atoms with E-state index in [1.165, 1.54) is 7.11 Å². The number of fused-ring (bicyclic) bond motifs is 1. The van der Waals surface area contributed by atoms with Gasteiger partial charge in [-0.3, -0.25) is 4.40 Å². The van der Waals surface area contributed by atoms with Crippen molar-refractivity contribution in [2.45, 2.75) is 6.10 Å². The van der Waals surface area contributed by atoms with E-state index in [9.17, 15) is 4.79 Å². The number of methoxy groups -OCH3 is 1. The number of pyridine rings is 1. The van der Waals surface area contributed by atoms with Crippen molar-refractivity contribution in [2.24, 2.45) is 0 Å². The summed E-state index contributed by atoms with van der Waals surface area (Å²) in [6.07, 6.45) is 1.38. The second-order valence-electron chi connectivity index (χ2n) is 4.13. The highest BCUT2D eigenvalue weighted by molar-refractivity contribution is 5.89. The van der Waals surface area contributed by atoms with Gasteiger partial charge in [0.1, 0.15) is 6.10 Å². The van der Waals surface area contributed by atoms with Crippen LogP contribution in [0.1, 0.15) is 22.3 Å². The molecule has 0 amide bonds. The molecule has 1 atom stereocenters. The van der Waals surface area contributed by atoms with Crippen LogP contribution >= 0.6 is 0 Å². The molecule has 3 heterocycles. The van der Waals surface area contributed by atoms with Crippen LogP contribution in [-0.4, -0.2) is 47.5 Å². The van der Waals surface area contributed by atoms with E-state index in [1.807, 2.05) is 0 Å². The number of esters is 1. The Morgan fingerprint density at radius 1 is 1.42 bits per heavy atom. The minimum absolute atomic E-state index is 0.267. The van der Waals surface area contributed by atoms with Gasteiger partial charge in [-0.2, -0.15) is 0 Å². The minimum Gasteiger partial charge on any atom is -0.465 e. The zero-order valence-corrected chi connectivity index (χ0v) is 10.4. The Kier molecular flexibility index (Phi) is 3.14. The number of carbonyl (C=O) groups excluding carboxylic acids is 1. The van der Waals surface area contributed by atoms with Crippen LogP contribution < -0.4 is 0 Å². The number of hydrogen-bond acceptors (Lipinski definition) is 6. The molecule has 100 valence electrons. The summed E-state index contributed by atoms with van der Waals surface area (Å²) in [6, 6.07) is 3.37. The molecule has 2 aromatic rings. The van der Waals surface area contributed by atoms with Gasteiger partial charge < -0.3 is 14.2 Å². The van der Waals surface area contributed by atoms with E-state index in [0.29, 0.717) is 36.9 Å². The molecule has 0 bridgehead atoms. The first-order valence-electron chi connectivity index (χ1n) is 5.92. The summed E-state index contributed by atoms with van der Waals surface area (Å²) in [5, 5.41) is 8.15. The summed E-state index contributed by atoms with van der Waals surface area (Å²) in [5.41, 5.74) is 1.09. The lowest BCUT2D eigenvalue weighted by Gasteiger charge is -2.21. The molecule has 1 unspecified atom stereocenters. The number of carbonyl (C=O) groups is 1. The van der Waals surface area contributed by atoms with Crippen LogP contribution in [0.3, 0.4) is 0 Å². The molecule has 19 heavy (non-hydrogen) atoms. The molecule has 0 N–H and O–H groups in total. The van der Waals surface area contributed by atoms with Crippen LogP contribution in [0, 0.1) is 0 Å². The highest BCUT2D eigenvalue weighted by Gasteiger charge is 2.22.